The van der Waals surface area contributed by atoms with Crippen molar-refractivity contribution in [1.29, 1.82) is 0 Å². The van der Waals surface area contributed by atoms with Gasteiger partial charge in [0.05, 0.1) is 12.1 Å². The molecule has 1 saturated heterocycles. The van der Waals surface area contributed by atoms with Gasteiger partial charge in [-0.05, 0) is 17.7 Å². The van der Waals surface area contributed by atoms with Crippen LogP contribution in [0.2, 0.25) is 0 Å². The summed E-state index contributed by atoms with van der Waals surface area (Å²) in [5.74, 6) is 2.23. The van der Waals surface area contributed by atoms with Gasteiger partial charge in [0.2, 0.25) is 0 Å². The molecule has 1 aromatic carbocycles. The van der Waals surface area contributed by atoms with E-state index in [0.717, 1.165) is 30.7 Å². The van der Waals surface area contributed by atoms with Crippen molar-refractivity contribution in [3.63, 3.8) is 0 Å². The predicted molar refractivity (Wildman–Crippen MR) is 98.8 cm³/mol. The number of halogens is 5. The highest BCUT2D eigenvalue weighted by molar-refractivity contribution is 14.0. The van der Waals surface area contributed by atoms with Gasteiger partial charge in [0.25, 0.3) is 0 Å². The largest absolute Gasteiger partial charge is 0.416 e. The summed E-state index contributed by atoms with van der Waals surface area (Å²) in [7, 11) is 0. The molecule has 124 valence electrons. The zero-order valence-electron chi connectivity index (χ0n) is 11.6. The quantitative estimate of drug-likeness (QED) is 0.373. The van der Waals surface area contributed by atoms with Crippen LogP contribution in [-0.2, 0) is 12.7 Å². The average molecular weight is 510 g/mol. The topological polar surface area (TPSA) is 41.6 Å². The lowest BCUT2D eigenvalue weighted by Gasteiger charge is -2.27. The monoisotopic (exact) mass is 509 g/mol. The molecule has 1 aromatic rings. The maximum absolute atomic E-state index is 13.0. The SMILES string of the molecule is I.NC(=NCc1ccc(Br)cc1C(F)(F)F)N1CCSCC1. The van der Waals surface area contributed by atoms with E-state index in [2.05, 4.69) is 20.9 Å². The Balaban J connectivity index is 0.00000242. The summed E-state index contributed by atoms with van der Waals surface area (Å²) < 4.78 is 39.4. The highest BCUT2D eigenvalue weighted by Crippen LogP contribution is 2.34. The zero-order chi connectivity index (χ0) is 15.5. The summed E-state index contributed by atoms with van der Waals surface area (Å²) in [6.07, 6.45) is -4.40. The van der Waals surface area contributed by atoms with Gasteiger partial charge in [-0.25, -0.2) is 4.99 Å². The number of hydrogen-bond acceptors (Lipinski definition) is 2. The Hall–Kier alpha value is -0.160. The fourth-order valence-electron chi connectivity index (χ4n) is 2.01. The van der Waals surface area contributed by atoms with Crippen molar-refractivity contribution in [2.24, 2.45) is 10.7 Å². The Labute approximate surface area is 157 Å². The third-order valence-electron chi connectivity index (χ3n) is 3.12. The Morgan fingerprint density at radius 3 is 2.55 bits per heavy atom. The van der Waals surface area contributed by atoms with Gasteiger partial charge in [0, 0.05) is 29.1 Å². The van der Waals surface area contributed by atoms with Gasteiger partial charge >= 0.3 is 6.18 Å². The Bertz CT molecular complexity index is 534. The molecule has 1 heterocycles. The second-order valence-corrected chi connectivity index (χ2v) is 6.71. The third-order valence-corrected chi connectivity index (χ3v) is 4.56. The number of thioether (sulfide) groups is 1. The minimum atomic E-state index is -4.40. The number of alkyl halides is 3. The van der Waals surface area contributed by atoms with E-state index in [9.17, 15) is 13.2 Å². The van der Waals surface area contributed by atoms with Crippen LogP contribution in [0.4, 0.5) is 13.2 Å². The fraction of sp³-hybridized carbons (Fsp3) is 0.462. The van der Waals surface area contributed by atoms with Gasteiger partial charge in [-0.2, -0.15) is 24.9 Å². The van der Waals surface area contributed by atoms with Crippen molar-refractivity contribution in [1.82, 2.24) is 4.90 Å². The molecule has 0 saturated carbocycles. The highest BCUT2D eigenvalue weighted by Gasteiger charge is 2.33. The molecule has 0 atom stereocenters. The summed E-state index contributed by atoms with van der Waals surface area (Å²) in [6, 6.07) is 4.07. The van der Waals surface area contributed by atoms with Gasteiger partial charge in [0.15, 0.2) is 5.96 Å². The molecule has 22 heavy (non-hydrogen) atoms. The molecule has 0 unspecified atom stereocenters. The van der Waals surface area contributed by atoms with Crippen LogP contribution in [0.3, 0.4) is 0 Å². The lowest BCUT2D eigenvalue weighted by atomic mass is 10.1. The standard InChI is InChI=1S/C13H15BrF3N3S.HI/c14-10-2-1-9(11(7-10)13(15,16)17)8-19-12(18)20-3-5-21-6-4-20;/h1-2,7H,3-6,8H2,(H2,18,19);1H. The highest BCUT2D eigenvalue weighted by atomic mass is 127. The molecule has 2 rings (SSSR count). The fourth-order valence-corrected chi connectivity index (χ4v) is 3.27. The van der Waals surface area contributed by atoms with Gasteiger partial charge in [-0.3, -0.25) is 0 Å². The second kappa shape index (κ2) is 8.62. The Morgan fingerprint density at radius 1 is 1.32 bits per heavy atom. The van der Waals surface area contributed by atoms with Crippen LogP contribution >= 0.6 is 51.7 Å². The van der Waals surface area contributed by atoms with Crippen LogP contribution in [0, 0.1) is 0 Å². The predicted octanol–water partition coefficient (Wildman–Crippen LogP) is 3.95. The molecule has 0 radical (unpaired) electrons. The van der Waals surface area contributed by atoms with E-state index < -0.39 is 11.7 Å². The van der Waals surface area contributed by atoms with Crippen LogP contribution in [0.1, 0.15) is 11.1 Å². The van der Waals surface area contributed by atoms with E-state index in [1.165, 1.54) is 6.07 Å². The van der Waals surface area contributed by atoms with Crippen molar-refractivity contribution in [2.75, 3.05) is 24.6 Å². The molecule has 3 nitrogen and oxygen atoms in total. The summed E-state index contributed by atoms with van der Waals surface area (Å²) in [4.78, 5) is 6.02. The van der Waals surface area contributed by atoms with Crippen molar-refractivity contribution in [3.05, 3.63) is 33.8 Å². The maximum Gasteiger partial charge on any atom is 0.416 e. The minimum absolute atomic E-state index is 0. The first kappa shape index (κ1) is 19.9. The van der Waals surface area contributed by atoms with Crippen LogP contribution in [0.25, 0.3) is 0 Å². The van der Waals surface area contributed by atoms with Crippen molar-refractivity contribution < 1.29 is 13.2 Å². The first-order valence-electron chi connectivity index (χ1n) is 6.36. The van der Waals surface area contributed by atoms with Crippen LogP contribution in [-0.4, -0.2) is 35.5 Å². The van der Waals surface area contributed by atoms with Crippen LogP contribution in [0.15, 0.2) is 27.7 Å². The van der Waals surface area contributed by atoms with E-state index >= 15 is 0 Å². The van der Waals surface area contributed by atoms with E-state index in [1.807, 2.05) is 16.7 Å². The van der Waals surface area contributed by atoms with E-state index in [1.54, 1.807) is 6.07 Å². The summed E-state index contributed by atoms with van der Waals surface area (Å²) in [5, 5.41) is 0. The number of rotatable bonds is 2. The van der Waals surface area contributed by atoms with E-state index in [0.29, 0.717) is 10.4 Å². The Morgan fingerprint density at radius 2 is 1.95 bits per heavy atom. The van der Waals surface area contributed by atoms with Gasteiger partial charge < -0.3 is 10.6 Å². The summed E-state index contributed by atoms with van der Waals surface area (Å²) in [5.41, 5.74) is 5.31. The van der Waals surface area contributed by atoms with Crippen molar-refractivity contribution in [3.8, 4) is 0 Å². The smallest absolute Gasteiger partial charge is 0.370 e. The molecule has 0 spiro atoms. The first-order valence-corrected chi connectivity index (χ1v) is 8.31. The number of aliphatic imine (C=N–C) groups is 1. The maximum atomic E-state index is 13.0. The molecule has 0 amide bonds. The normalized spacial score (nSPS) is 16.4. The molecule has 0 bridgehead atoms. The molecule has 1 fully saturated rings. The molecule has 0 aliphatic carbocycles. The lowest BCUT2D eigenvalue weighted by molar-refractivity contribution is -0.138. The number of benzene rings is 1. The average Bonchev–Trinajstić information content (AvgIpc) is 2.45. The molecular weight excluding hydrogens is 494 g/mol. The molecule has 9 heteroatoms. The van der Waals surface area contributed by atoms with Gasteiger partial charge in [-0.15, -0.1) is 24.0 Å². The summed E-state index contributed by atoms with van der Waals surface area (Å²) in [6.45, 7) is 1.50. The minimum Gasteiger partial charge on any atom is -0.370 e. The molecule has 1 aliphatic rings. The van der Waals surface area contributed by atoms with Gasteiger partial charge in [0.1, 0.15) is 0 Å². The van der Waals surface area contributed by atoms with Gasteiger partial charge in [-0.1, -0.05) is 22.0 Å². The van der Waals surface area contributed by atoms with Crippen LogP contribution < -0.4 is 5.73 Å². The second-order valence-electron chi connectivity index (χ2n) is 4.57. The first-order chi connectivity index (χ1) is 9.88. The van der Waals surface area contributed by atoms with Crippen molar-refractivity contribution in [2.45, 2.75) is 12.7 Å². The Kier molecular flexibility index (Phi) is 7.80. The van der Waals surface area contributed by atoms with E-state index in [-0.39, 0.29) is 36.1 Å². The molecular formula is C13H16BrF3IN3S. The lowest BCUT2D eigenvalue weighted by Crippen LogP contribution is -2.42. The zero-order valence-corrected chi connectivity index (χ0v) is 16.3. The number of nitrogens with zero attached hydrogens (tertiary/aromatic N) is 2. The number of guanidine groups is 1. The van der Waals surface area contributed by atoms with Crippen molar-refractivity contribution >= 4 is 57.6 Å². The van der Waals surface area contributed by atoms with Crippen LogP contribution in [0.5, 0.6) is 0 Å². The number of hydrogen-bond donors (Lipinski definition) is 1. The summed E-state index contributed by atoms with van der Waals surface area (Å²) >= 11 is 4.89. The molecule has 1 aliphatic heterocycles. The molecule has 0 aromatic heterocycles. The number of nitrogens with two attached hydrogens (primary N) is 1. The third kappa shape index (κ3) is 5.48. The molecule has 2 N–H and O–H groups in total. The van der Waals surface area contributed by atoms with E-state index in [4.69, 9.17) is 5.73 Å².